The van der Waals surface area contributed by atoms with E-state index in [1.54, 1.807) is 18.2 Å². The molecule has 1 unspecified atom stereocenters. The van der Waals surface area contributed by atoms with Crippen molar-refractivity contribution in [3.8, 4) is 0 Å². The Bertz CT molecular complexity index is 819. The van der Waals surface area contributed by atoms with Gasteiger partial charge in [0.2, 0.25) is 0 Å². The molecule has 0 aliphatic rings. The van der Waals surface area contributed by atoms with Gasteiger partial charge in [-0.3, -0.25) is 0 Å². The maximum absolute atomic E-state index is 13.9. The van der Waals surface area contributed by atoms with E-state index in [4.69, 9.17) is 17.3 Å². The van der Waals surface area contributed by atoms with Crippen molar-refractivity contribution in [3.05, 3.63) is 81.0 Å². The van der Waals surface area contributed by atoms with Gasteiger partial charge in [-0.1, -0.05) is 57.9 Å². The van der Waals surface area contributed by atoms with E-state index in [1.807, 2.05) is 30.3 Å². The van der Waals surface area contributed by atoms with Crippen LogP contribution in [0.3, 0.4) is 0 Å². The molecule has 0 bridgehead atoms. The van der Waals surface area contributed by atoms with Crippen molar-refractivity contribution in [3.63, 3.8) is 0 Å². The van der Waals surface area contributed by atoms with Crippen LogP contribution >= 0.6 is 27.5 Å². The molecule has 3 rings (SSSR count). The lowest BCUT2D eigenvalue weighted by Gasteiger charge is -2.17. The van der Waals surface area contributed by atoms with Crippen molar-refractivity contribution in [1.29, 1.82) is 0 Å². The Labute approximate surface area is 135 Å². The molecule has 0 spiro atoms. The number of fused-ring (bicyclic) bond motifs is 1. The summed E-state index contributed by atoms with van der Waals surface area (Å²) in [5, 5.41) is 1.97. The standard InChI is InChI=1S/C17H12BrClFN/c18-10-5-7-15(19)14(9-10)17(21)13-6-8-16(20)12-4-2-1-3-11(12)13/h1-9,17H,21H2. The Morgan fingerprint density at radius 2 is 1.67 bits per heavy atom. The van der Waals surface area contributed by atoms with Gasteiger partial charge in [0.15, 0.2) is 0 Å². The Kier molecular flexibility index (Phi) is 3.98. The normalized spacial score (nSPS) is 12.6. The Morgan fingerprint density at radius 3 is 2.43 bits per heavy atom. The molecular weight excluding hydrogens is 353 g/mol. The summed E-state index contributed by atoms with van der Waals surface area (Å²) >= 11 is 9.67. The number of hydrogen-bond donors (Lipinski definition) is 1. The first-order valence-corrected chi connectivity index (χ1v) is 7.62. The van der Waals surface area contributed by atoms with Gasteiger partial charge in [0.25, 0.3) is 0 Å². The fourth-order valence-corrected chi connectivity index (χ4v) is 3.09. The Morgan fingerprint density at radius 1 is 0.952 bits per heavy atom. The van der Waals surface area contributed by atoms with Crippen LogP contribution in [0.15, 0.2) is 59.1 Å². The van der Waals surface area contributed by atoms with E-state index in [-0.39, 0.29) is 5.82 Å². The molecule has 0 radical (unpaired) electrons. The van der Waals surface area contributed by atoms with Crippen molar-refractivity contribution in [1.82, 2.24) is 0 Å². The molecule has 0 aliphatic heterocycles. The first-order valence-electron chi connectivity index (χ1n) is 6.45. The summed E-state index contributed by atoms with van der Waals surface area (Å²) in [5.74, 6) is -0.248. The van der Waals surface area contributed by atoms with Crippen molar-refractivity contribution < 1.29 is 4.39 Å². The molecular formula is C17H12BrClFN. The van der Waals surface area contributed by atoms with Crippen LogP contribution in [0.4, 0.5) is 4.39 Å². The predicted molar refractivity (Wildman–Crippen MR) is 89.1 cm³/mol. The molecule has 0 heterocycles. The number of hydrogen-bond acceptors (Lipinski definition) is 1. The molecule has 0 fully saturated rings. The number of benzene rings is 3. The molecule has 106 valence electrons. The highest BCUT2D eigenvalue weighted by molar-refractivity contribution is 9.10. The van der Waals surface area contributed by atoms with Gasteiger partial charge in [0, 0.05) is 14.9 Å². The van der Waals surface area contributed by atoms with Gasteiger partial charge in [0.05, 0.1) is 6.04 Å². The van der Waals surface area contributed by atoms with Gasteiger partial charge in [0.1, 0.15) is 5.82 Å². The fourth-order valence-electron chi connectivity index (χ4n) is 2.48. The van der Waals surface area contributed by atoms with Crippen molar-refractivity contribution >= 4 is 38.3 Å². The summed E-state index contributed by atoms with van der Waals surface area (Å²) in [6, 6.07) is 15.6. The summed E-state index contributed by atoms with van der Waals surface area (Å²) in [6.45, 7) is 0. The molecule has 0 saturated carbocycles. The minimum absolute atomic E-state index is 0.248. The second kappa shape index (κ2) is 5.76. The van der Waals surface area contributed by atoms with Crippen LogP contribution in [0.25, 0.3) is 10.8 Å². The van der Waals surface area contributed by atoms with Crippen LogP contribution in [-0.4, -0.2) is 0 Å². The van der Waals surface area contributed by atoms with E-state index in [2.05, 4.69) is 15.9 Å². The third-order valence-electron chi connectivity index (χ3n) is 3.53. The lowest BCUT2D eigenvalue weighted by Crippen LogP contribution is -2.13. The molecule has 0 saturated heterocycles. The van der Waals surface area contributed by atoms with Crippen LogP contribution < -0.4 is 5.73 Å². The van der Waals surface area contributed by atoms with Gasteiger partial charge < -0.3 is 5.73 Å². The summed E-state index contributed by atoms with van der Waals surface area (Å²) in [5.41, 5.74) is 8.04. The van der Waals surface area contributed by atoms with Gasteiger partial charge in [-0.15, -0.1) is 0 Å². The lowest BCUT2D eigenvalue weighted by molar-refractivity contribution is 0.639. The highest BCUT2D eigenvalue weighted by Gasteiger charge is 2.16. The van der Waals surface area contributed by atoms with E-state index in [9.17, 15) is 4.39 Å². The number of nitrogens with two attached hydrogens (primary N) is 1. The summed E-state index contributed by atoms with van der Waals surface area (Å²) in [4.78, 5) is 0. The van der Waals surface area contributed by atoms with Gasteiger partial charge in [-0.05, 0) is 40.8 Å². The van der Waals surface area contributed by atoms with Crippen molar-refractivity contribution in [2.75, 3.05) is 0 Å². The molecule has 1 nitrogen and oxygen atoms in total. The molecule has 0 aliphatic carbocycles. The zero-order chi connectivity index (χ0) is 15.0. The Balaban J connectivity index is 2.20. The highest BCUT2D eigenvalue weighted by Crippen LogP contribution is 2.33. The van der Waals surface area contributed by atoms with E-state index in [1.165, 1.54) is 6.07 Å². The third kappa shape index (κ3) is 2.69. The van der Waals surface area contributed by atoms with Crippen LogP contribution in [0.5, 0.6) is 0 Å². The van der Waals surface area contributed by atoms with Crippen LogP contribution in [0, 0.1) is 5.82 Å². The molecule has 2 N–H and O–H groups in total. The number of halogens is 3. The molecule has 0 amide bonds. The number of rotatable bonds is 2. The van der Waals surface area contributed by atoms with E-state index in [0.29, 0.717) is 10.4 Å². The van der Waals surface area contributed by atoms with Crippen molar-refractivity contribution in [2.45, 2.75) is 6.04 Å². The largest absolute Gasteiger partial charge is 0.320 e. The average molecular weight is 365 g/mol. The predicted octanol–water partition coefficient (Wildman–Crippen LogP) is 5.44. The zero-order valence-corrected chi connectivity index (χ0v) is 13.3. The minimum atomic E-state index is -0.416. The molecule has 4 heteroatoms. The van der Waals surface area contributed by atoms with Gasteiger partial charge in [-0.2, -0.15) is 0 Å². The average Bonchev–Trinajstić information content (AvgIpc) is 2.50. The molecule has 21 heavy (non-hydrogen) atoms. The van der Waals surface area contributed by atoms with Crippen LogP contribution in [0.2, 0.25) is 5.02 Å². The van der Waals surface area contributed by atoms with Gasteiger partial charge in [-0.25, -0.2) is 4.39 Å². The van der Waals surface area contributed by atoms with Crippen LogP contribution in [-0.2, 0) is 0 Å². The van der Waals surface area contributed by atoms with E-state index >= 15 is 0 Å². The summed E-state index contributed by atoms with van der Waals surface area (Å²) in [7, 11) is 0. The van der Waals surface area contributed by atoms with Crippen LogP contribution in [0.1, 0.15) is 17.2 Å². The van der Waals surface area contributed by atoms with Gasteiger partial charge >= 0.3 is 0 Å². The first kappa shape index (κ1) is 14.5. The molecule has 0 aromatic heterocycles. The zero-order valence-electron chi connectivity index (χ0n) is 11.0. The SMILES string of the molecule is NC(c1cc(Br)ccc1Cl)c1ccc(F)c2ccccc12. The Hall–Kier alpha value is -1.42. The van der Waals surface area contributed by atoms with E-state index < -0.39 is 6.04 Å². The maximum Gasteiger partial charge on any atom is 0.131 e. The molecule has 1 atom stereocenters. The monoisotopic (exact) mass is 363 g/mol. The first-order chi connectivity index (χ1) is 10.1. The molecule has 3 aromatic carbocycles. The second-order valence-electron chi connectivity index (χ2n) is 4.83. The maximum atomic E-state index is 13.9. The van der Waals surface area contributed by atoms with Crippen molar-refractivity contribution in [2.24, 2.45) is 5.73 Å². The molecule has 3 aromatic rings. The van der Waals surface area contributed by atoms with E-state index in [0.717, 1.165) is 21.0 Å². The third-order valence-corrected chi connectivity index (χ3v) is 4.37. The summed E-state index contributed by atoms with van der Waals surface area (Å²) < 4.78 is 14.8. The quantitative estimate of drug-likeness (QED) is 0.643. The second-order valence-corrected chi connectivity index (χ2v) is 6.15. The topological polar surface area (TPSA) is 26.0 Å². The highest BCUT2D eigenvalue weighted by atomic mass is 79.9. The summed E-state index contributed by atoms with van der Waals surface area (Å²) in [6.07, 6.45) is 0. The lowest BCUT2D eigenvalue weighted by atomic mass is 9.94. The fraction of sp³-hybridized carbons (Fsp3) is 0.0588. The minimum Gasteiger partial charge on any atom is -0.320 e. The smallest absolute Gasteiger partial charge is 0.131 e.